The van der Waals surface area contributed by atoms with E-state index in [0.29, 0.717) is 11.6 Å². The zero-order chi connectivity index (χ0) is 18.8. The molecule has 3 heterocycles. The number of piperidine rings is 1. The van der Waals surface area contributed by atoms with Gasteiger partial charge >= 0.3 is 0 Å². The zero-order valence-corrected chi connectivity index (χ0v) is 16.7. The van der Waals surface area contributed by atoms with E-state index in [0.717, 1.165) is 43.6 Å². The monoisotopic (exact) mass is 379 g/mol. The van der Waals surface area contributed by atoms with Gasteiger partial charge < -0.3 is 4.90 Å². The summed E-state index contributed by atoms with van der Waals surface area (Å²) >= 11 is 1.83. The fourth-order valence-corrected chi connectivity index (χ4v) is 4.60. The van der Waals surface area contributed by atoms with Crippen LogP contribution in [0.2, 0.25) is 0 Å². The Balaban J connectivity index is 1.41. The van der Waals surface area contributed by atoms with E-state index in [1.165, 1.54) is 10.4 Å². The number of aromatic nitrogens is 2. The Kier molecular flexibility index (Phi) is 5.12. The minimum atomic E-state index is 0.0542. The molecule has 0 N–H and O–H groups in total. The first kappa shape index (κ1) is 18.0. The minimum absolute atomic E-state index is 0.0542. The summed E-state index contributed by atoms with van der Waals surface area (Å²) in [6, 6.07) is 14.6. The van der Waals surface area contributed by atoms with Crippen LogP contribution in [0.1, 0.15) is 33.8 Å². The second-order valence-corrected chi connectivity index (χ2v) is 8.46. The molecule has 1 amide bonds. The van der Waals surface area contributed by atoms with Crippen LogP contribution in [0.3, 0.4) is 0 Å². The van der Waals surface area contributed by atoms with Crippen LogP contribution in [-0.2, 0) is 13.5 Å². The van der Waals surface area contributed by atoms with Crippen molar-refractivity contribution in [1.82, 2.24) is 14.7 Å². The molecule has 0 radical (unpaired) electrons. The predicted octanol–water partition coefficient (Wildman–Crippen LogP) is 4.55. The summed E-state index contributed by atoms with van der Waals surface area (Å²) in [5, 5.41) is 6.63. The molecule has 1 saturated heterocycles. The van der Waals surface area contributed by atoms with Gasteiger partial charge in [-0.25, -0.2) is 0 Å². The van der Waals surface area contributed by atoms with Gasteiger partial charge in [0, 0.05) is 25.0 Å². The van der Waals surface area contributed by atoms with E-state index >= 15 is 0 Å². The number of amides is 1. The molecular formula is C22H25N3OS. The largest absolute Gasteiger partial charge is 0.337 e. The maximum Gasteiger partial charge on any atom is 0.274 e. The molecule has 1 aromatic carbocycles. The molecule has 27 heavy (non-hydrogen) atoms. The summed E-state index contributed by atoms with van der Waals surface area (Å²) in [5.41, 5.74) is 3.84. The average molecular weight is 380 g/mol. The van der Waals surface area contributed by atoms with Gasteiger partial charge in [-0.3, -0.25) is 9.48 Å². The van der Waals surface area contributed by atoms with Crippen LogP contribution in [0, 0.1) is 12.8 Å². The lowest BCUT2D eigenvalue weighted by Crippen LogP contribution is -2.39. The number of hydrogen-bond donors (Lipinski definition) is 0. The molecule has 4 nitrogen and oxygen atoms in total. The van der Waals surface area contributed by atoms with E-state index in [-0.39, 0.29) is 5.91 Å². The number of aryl methyl sites for hydroxylation is 2. The van der Waals surface area contributed by atoms with Crippen LogP contribution in [0.25, 0.3) is 11.3 Å². The van der Waals surface area contributed by atoms with Gasteiger partial charge in [-0.1, -0.05) is 35.9 Å². The van der Waals surface area contributed by atoms with Crippen LogP contribution >= 0.6 is 11.3 Å². The Labute approximate surface area is 164 Å². The van der Waals surface area contributed by atoms with Gasteiger partial charge in [0.2, 0.25) is 0 Å². The van der Waals surface area contributed by atoms with Crippen molar-refractivity contribution in [2.75, 3.05) is 13.1 Å². The van der Waals surface area contributed by atoms with E-state index in [4.69, 9.17) is 0 Å². The van der Waals surface area contributed by atoms with E-state index < -0.39 is 0 Å². The topological polar surface area (TPSA) is 38.1 Å². The molecule has 1 fully saturated rings. The molecular weight excluding hydrogens is 354 g/mol. The maximum absolute atomic E-state index is 12.9. The molecule has 4 rings (SSSR count). The zero-order valence-electron chi connectivity index (χ0n) is 15.9. The summed E-state index contributed by atoms with van der Waals surface area (Å²) < 4.78 is 1.81. The number of rotatable bonds is 4. The number of benzene rings is 1. The Bertz CT molecular complexity index is 904. The van der Waals surface area contributed by atoms with Gasteiger partial charge in [0.25, 0.3) is 5.91 Å². The SMILES string of the molecule is Cc1ccc(-c2cc(C(=O)N3CCC(Cc4cccs4)CC3)nn2C)cc1. The molecule has 140 valence electrons. The molecule has 0 aliphatic carbocycles. The van der Waals surface area contributed by atoms with Crippen LogP contribution < -0.4 is 0 Å². The summed E-state index contributed by atoms with van der Waals surface area (Å²) in [5.74, 6) is 0.734. The van der Waals surface area contributed by atoms with Crippen molar-refractivity contribution in [1.29, 1.82) is 0 Å². The van der Waals surface area contributed by atoms with Crippen LogP contribution in [0.5, 0.6) is 0 Å². The lowest BCUT2D eigenvalue weighted by molar-refractivity contribution is 0.0684. The number of thiophene rings is 1. The van der Waals surface area contributed by atoms with E-state index in [1.54, 1.807) is 4.68 Å². The van der Waals surface area contributed by atoms with Crippen molar-refractivity contribution in [3.05, 3.63) is 64.0 Å². The molecule has 0 spiro atoms. The summed E-state index contributed by atoms with van der Waals surface area (Å²) in [6.45, 7) is 3.72. The predicted molar refractivity (Wildman–Crippen MR) is 110 cm³/mol. The molecule has 3 aromatic rings. The van der Waals surface area contributed by atoms with Gasteiger partial charge in [-0.05, 0) is 55.2 Å². The average Bonchev–Trinajstić information content (AvgIpc) is 3.32. The van der Waals surface area contributed by atoms with E-state index in [2.05, 4.69) is 53.8 Å². The molecule has 0 atom stereocenters. The number of likely N-dealkylation sites (tertiary alicyclic amines) is 1. The normalized spacial score (nSPS) is 15.3. The first-order chi connectivity index (χ1) is 13.1. The second-order valence-electron chi connectivity index (χ2n) is 7.42. The second kappa shape index (κ2) is 7.69. The molecule has 1 aliphatic rings. The van der Waals surface area contributed by atoms with Crippen molar-refractivity contribution in [2.45, 2.75) is 26.2 Å². The third-order valence-electron chi connectivity index (χ3n) is 5.42. The summed E-state index contributed by atoms with van der Waals surface area (Å²) in [7, 11) is 1.90. The first-order valence-corrected chi connectivity index (χ1v) is 10.4. The summed E-state index contributed by atoms with van der Waals surface area (Å²) in [4.78, 5) is 16.3. The molecule has 5 heteroatoms. The number of carbonyl (C=O) groups excluding carboxylic acids is 1. The lowest BCUT2D eigenvalue weighted by atomic mass is 9.93. The van der Waals surface area contributed by atoms with Crippen LogP contribution in [0.4, 0.5) is 0 Å². The number of nitrogens with zero attached hydrogens (tertiary/aromatic N) is 3. The molecule has 2 aromatic heterocycles. The van der Waals surface area contributed by atoms with Crippen LogP contribution in [-0.4, -0.2) is 33.7 Å². The highest BCUT2D eigenvalue weighted by atomic mass is 32.1. The number of carbonyl (C=O) groups is 1. The van der Waals surface area contributed by atoms with Crippen molar-refractivity contribution >= 4 is 17.2 Å². The van der Waals surface area contributed by atoms with Gasteiger partial charge in [-0.2, -0.15) is 5.10 Å². The Hall–Kier alpha value is -2.40. The quantitative estimate of drug-likeness (QED) is 0.667. The standard InChI is InChI=1S/C22H25N3OS/c1-16-5-7-18(8-6-16)21-15-20(23-24(21)2)22(26)25-11-9-17(10-12-25)14-19-4-3-13-27-19/h3-8,13,15,17H,9-12,14H2,1-2H3. The van der Waals surface area contributed by atoms with E-state index in [9.17, 15) is 4.79 Å². The Morgan fingerprint density at radius 2 is 1.93 bits per heavy atom. The third-order valence-corrected chi connectivity index (χ3v) is 6.32. The van der Waals surface area contributed by atoms with Crippen molar-refractivity contribution in [3.63, 3.8) is 0 Å². The minimum Gasteiger partial charge on any atom is -0.337 e. The summed E-state index contributed by atoms with van der Waals surface area (Å²) in [6.07, 6.45) is 3.28. The Morgan fingerprint density at radius 1 is 1.19 bits per heavy atom. The fourth-order valence-electron chi connectivity index (χ4n) is 3.78. The molecule has 0 unspecified atom stereocenters. The third kappa shape index (κ3) is 3.98. The number of hydrogen-bond acceptors (Lipinski definition) is 3. The molecule has 0 bridgehead atoms. The Morgan fingerprint density at radius 3 is 2.59 bits per heavy atom. The first-order valence-electron chi connectivity index (χ1n) is 9.53. The van der Waals surface area contributed by atoms with Crippen molar-refractivity contribution in [3.8, 4) is 11.3 Å². The van der Waals surface area contributed by atoms with Gasteiger partial charge in [0.1, 0.15) is 0 Å². The van der Waals surface area contributed by atoms with Crippen molar-refractivity contribution < 1.29 is 4.79 Å². The maximum atomic E-state index is 12.9. The fraction of sp³-hybridized carbons (Fsp3) is 0.364. The highest BCUT2D eigenvalue weighted by Gasteiger charge is 2.26. The van der Waals surface area contributed by atoms with E-state index in [1.807, 2.05) is 29.4 Å². The lowest BCUT2D eigenvalue weighted by Gasteiger charge is -2.31. The van der Waals surface area contributed by atoms with Gasteiger partial charge in [0.15, 0.2) is 5.69 Å². The molecule has 0 saturated carbocycles. The van der Waals surface area contributed by atoms with Gasteiger partial charge in [0.05, 0.1) is 5.69 Å². The highest BCUT2D eigenvalue weighted by Crippen LogP contribution is 2.26. The van der Waals surface area contributed by atoms with Crippen molar-refractivity contribution in [2.24, 2.45) is 13.0 Å². The van der Waals surface area contributed by atoms with Crippen LogP contribution in [0.15, 0.2) is 47.8 Å². The highest BCUT2D eigenvalue weighted by molar-refractivity contribution is 7.09. The molecule has 1 aliphatic heterocycles. The smallest absolute Gasteiger partial charge is 0.274 e. The van der Waals surface area contributed by atoms with Gasteiger partial charge in [-0.15, -0.1) is 11.3 Å².